The molecule has 0 aliphatic heterocycles. The fraction of sp³-hybridized carbons (Fsp3) is 1.00. The lowest BCUT2D eigenvalue weighted by atomic mass is 10.6. The molecule has 0 aromatic carbocycles. The minimum absolute atomic E-state index is 0.00657. The lowest BCUT2D eigenvalue weighted by Gasteiger charge is -1.98. The van der Waals surface area contributed by atoms with Gasteiger partial charge in [-0.05, 0) is 0 Å². The van der Waals surface area contributed by atoms with Crippen LogP contribution in [-0.2, 0) is 4.57 Å². The van der Waals surface area contributed by atoms with Gasteiger partial charge in [0.1, 0.15) is 0 Å². The molecule has 0 rings (SSSR count). The Kier molecular flexibility index (Phi) is 7.96. The van der Waals surface area contributed by atoms with Crippen LogP contribution in [0.3, 0.4) is 0 Å². The maximum absolute atomic E-state index is 9.77. The van der Waals surface area contributed by atoms with Crippen LogP contribution in [0.5, 0.6) is 0 Å². The molecule has 4 nitrogen and oxygen atoms in total. The monoisotopic (exact) mass is 149 g/mol. The zero-order valence-corrected chi connectivity index (χ0v) is 6.16. The van der Waals surface area contributed by atoms with Gasteiger partial charge in [0, 0.05) is 26.2 Å². The van der Waals surface area contributed by atoms with E-state index in [1.165, 1.54) is 0 Å². The predicted octanol–water partition coefficient (Wildman–Crippen LogP) is -0.669. The van der Waals surface area contributed by atoms with Gasteiger partial charge < -0.3 is 11.1 Å². The van der Waals surface area contributed by atoms with Gasteiger partial charge in [0.25, 0.3) is 0 Å². The van der Waals surface area contributed by atoms with Crippen molar-refractivity contribution in [2.45, 2.75) is 0 Å². The number of rotatable bonds is 6. The smallest absolute Gasteiger partial charge is 0.246 e. The molecule has 0 aliphatic carbocycles. The Morgan fingerprint density at radius 2 is 2.11 bits per heavy atom. The van der Waals surface area contributed by atoms with Crippen LogP contribution in [0, 0.1) is 0 Å². The van der Waals surface area contributed by atoms with E-state index in [0.717, 1.165) is 13.1 Å². The molecular weight excluding hydrogens is 137 g/mol. The topological polar surface area (TPSA) is 67.2 Å². The molecule has 0 bridgehead atoms. The fourth-order valence-corrected chi connectivity index (χ4v) is 0.620. The zero-order chi connectivity index (χ0) is 6.95. The Morgan fingerprint density at radius 3 is 2.67 bits per heavy atom. The van der Waals surface area contributed by atoms with E-state index in [9.17, 15) is 4.57 Å². The second kappa shape index (κ2) is 7.98. The summed E-state index contributed by atoms with van der Waals surface area (Å²) in [7, 11) is -0.00657. The van der Waals surface area contributed by atoms with Crippen molar-refractivity contribution in [3.63, 3.8) is 0 Å². The van der Waals surface area contributed by atoms with Gasteiger partial charge >= 0.3 is 0 Å². The fourth-order valence-electron chi connectivity index (χ4n) is 0.417. The van der Waals surface area contributed by atoms with Crippen molar-refractivity contribution in [2.24, 2.45) is 5.73 Å². The number of hydrogen-bond donors (Lipinski definition) is 3. The molecule has 9 heavy (non-hydrogen) atoms. The molecule has 54 valence electrons. The number of hydrogen-bond acceptors (Lipinski definition) is 3. The summed E-state index contributed by atoms with van der Waals surface area (Å²) in [6.45, 7) is 2.99. The van der Waals surface area contributed by atoms with Crippen molar-refractivity contribution in [2.75, 3.05) is 26.2 Å². The predicted molar refractivity (Wildman–Crippen MR) is 37.5 cm³/mol. The van der Waals surface area contributed by atoms with Crippen LogP contribution in [0.4, 0.5) is 0 Å². The van der Waals surface area contributed by atoms with Gasteiger partial charge in [-0.3, -0.25) is 4.57 Å². The Labute approximate surface area is 56.4 Å². The highest BCUT2D eigenvalue weighted by molar-refractivity contribution is 7.21. The van der Waals surface area contributed by atoms with Gasteiger partial charge in [0.2, 0.25) is 8.61 Å². The molecule has 0 heterocycles. The quantitative estimate of drug-likeness (QED) is 0.346. The van der Waals surface area contributed by atoms with E-state index in [1.54, 1.807) is 0 Å². The van der Waals surface area contributed by atoms with Crippen LogP contribution in [0.1, 0.15) is 0 Å². The molecule has 0 aliphatic rings. The second-order valence-corrected chi connectivity index (χ2v) is 2.04. The first-order valence-corrected chi connectivity index (χ1v) is 3.69. The summed E-state index contributed by atoms with van der Waals surface area (Å²) < 4.78 is 9.77. The van der Waals surface area contributed by atoms with Crippen LogP contribution >= 0.6 is 8.61 Å². The minimum Gasteiger partial charge on any atom is -0.329 e. The summed E-state index contributed by atoms with van der Waals surface area (Å²) in [5.41, 5.74) is 5.20. The molecule has 0 aromatic rings. The SMILES string of the molecule is NCCNCCNP=O. The van der Waals surface area contributed by atoms with E-state index in [0.29, 0.717) is 13.1 Å². The first-order chi connectivity index (χ1) is 4.41. The van der Waals surface area contributed by atoms with Gasteiger partial charge in [0.15, 0.2) is 0 Å². The molecule has 5 heteroatoms. The van der Waals surface area contributed by atoms with Crippen LogP contribution in [0.25, 0.3) is 0 Å². The summed E-state index contributed by atoms with van der Waals surface area (Å²) in [5, 5.41) is 5.66. The van der Waals surface area contributed by atoms with Crippen molar-refractivity contribution in [3.05, 3.63) is 0 Å². The average molecular weight is 149 g/mol. The average Bonchev–Trinajstić information content (AvgIpc) is 1.89. The second-order valence-electron chi connectivity index (χ2n) is 1.54. The molecule has 0 spiro atoms. The summed E-state index contributed by atoms with van der Waals surface area (Å²) in [4.78, 5) is 0. The van der Waals surface area contributed by atoms with Crippen molar-refractivity contribution >= 4 is 8.61 Å². The van der Waals surface area contributed by atoms with Gasteiger partial charge in [-0.2, -0.15) is 0 Å². The Morgan fingerprint density at radius 1 is 1.33 bits per heavy atom. The van der Waals surface area contributed by atoms with Gasteiger partial charge in [-0.15, -0.1) is 0 Å². The van der Waals surface area contributed by atoms with Crippen LogP contribution in [-0.4, -0.2) is 26.2 Å². The summed E-state index contributed by atoms with van der Waals surface area (Å²) in [5.74, 6) is 0. The summed E-state index contributed by atoms with van der Waals surface area (Å²) in [6.07, 6.45) is 0. The first kappa shape index (κ1) is 8.98. The van der Waals surface area contributed by atoms with Gasteiger partial charge in [-0.1, -0.05) is 0 Å². The van der Waals surface area contributed by atoms with Crippen molar-refractivity contribution < 1.29 is 4.57 Å². The third kappa shape index (κ3) is 7.98. The standard InChI is InChI=1S/C4H12N3OP/c5-1-2-6-3-4-7-9-8/h6H,1-5H2,(H,7,8). The molecule has 0 amide bonds. The molecule has 0 aromatic heterocycles. The Balaban J connectivity index is 2.66. The Bertz CT molecular complexity index is 70.8. The molecule has 0 radical (unpaired) electrons. The highest BCUT2D eigenvalue weighted by Crippen LogP contribution is 1.75. The van der Waals surface area contributed by atoms with E-state index in [4.69, 9.17) is 5.73 Å². The first-order valence-electron chi connectivity index (χ1n) is 2.88. The van der Waals surface area contributed by atoms with Crippen molar-refractivity contribution in [1.82, 2.24) is 10.4 Å². The van der Waals surface area contributed by atoms with E-state index >= 15 is 0 Å². The number of nitrogens with two attached hydrogens (primary N) is 1. The molecule has 0 fully saturated rings. The summed E-state index contributed by atoms with van der Waals surface area (Å²) in [6, 6.07) is 0. The molecule has 4 N–H and O–H groups in total. The highest BCUT2D eigenvalue weighted by Gasteiger charge is 1.82. The van der Waals surface area contributed by atoms with Crippen molar-refractivity contribution in [1.29, 1.82) is 0 Å². The Hall–Kier alpha value is -0.0200. The maximum atomic E-state index is 9.77. The van der Waals surface area contributed by atoms with Crippen LogP contribution in [0.2, 0.25) is 0 Å². The van der Waals surface area contributed by atoms with E-state index in [1.807, 2.05) is 0 Å². The molecular formula is C4H12N3OP. The zero-order valence-electron chi connectivity index (χ0n) is 5.26. The van der Waals surface area contributed by atoms with Crippen LogP contribution in [0.15, 0.2) is 0 Å². The van der Waals surface area contributed by atoms with Gasteiger partial charge in [-0.25, -0.2) is 5.09 Å². The largest absolute Gasteiger partial charge is 0.329 e. The molecule has 0 unspecified atom stereocenters. The maximum Gasteiger partial charge on any atom is 0.246 e. The lowest BCUT2D eigenvalue weighted by molar-refractivity contribution is 0.588. The third-order valence-corrected chi connectivity index (χ3v) is 1.15. The minimum atomic E-state index is -0.00657. The normalized spacial score (nSPS) is 10.3. The lowest BCUT2D eigenvalue weighted by Crippen LogP contribution is -2.27. The van der Waals surface area contributed by atoms with E-state index < -0.39 is 0 Å². The van der Waals surface area contributed by atoms with E-state index in [-0.39, 0.29) is 8.61 Å². The van der Waals surface area contributed by atoms with Gasteiger partial charge in [0.05, 0.1) is 0 Å². The van der Waals surface area contributed by atoms with Crippen molar-refractivity contribution in [3.8, 4) is 0 Å². The molecule has 0 saturated carbocycles. The third-order valence-electron chi connectivity index (χ3n) is 0.799. The van der Waals surface area contributed by atoms with E-state index in [2.05, 4.69) is 10.4 Å². The molecule has 0 saturated heterocycles. The van der Waals surface area contributed by atoms with Crippen LogP contribution < -0.4 is 16.1 Å². The number of nitrogens with one attached hydrogen (secondary N) is 2. The summed E-state index contributed by atoms with van der Waals surface area (Å²) >= 11 is 0. The molecule has 0 atom stereocenters. The highest BCUT2D eigenvalue weighted by atomic mass is 31.1.